The number of likely N-dealkylation sites (N-methyl/N-ethyl adjacent to an activating group) is 2. The van der Waals surface area contributed by atoms with Gasteiger partial charge in [0.25, 0.3) is 0 Å². The first-order valence-electron chi connectivity index (χ1n) is 5.52. The molecule has 0 aliphatic rings. The number of rotatable bonds is 5. The Morgan fingerprint density at radius 2 is 2.24 bits per heavy atom. The highest BCUT2D eigenvalue weighted by atomic mass is 79.9. The van der Waals surface area contributed by atoms with E-state index in [1.807, 2.05) is 13.1 Å². The van der Waals surface area contributed by atoms with E-state index in [1.54, 1.807) is 11.9 Å². The van der Waals surface area contributed by atoms with E-state index in [0.717, 1.165) is 29.1 Å². The SMILES string of the molecule is CCCc1nc(Br)cc(N(C)CC(=O)NC)n1. The summed E-state index contributed by atoms with van der Waals surface area (Å²) in [6.45, 7) is 2.36. The first-order valence-corrected chi connectivity index (χ1v) is 6.31. The second-order valence-corrected chi connectivity index (χ2v) is 4.56. The lowest BCUT2D eigenvalue weighted by atomic mass is 10.3. The van der Waals surface area contributed by atoms with E-state index < -0.39 is 0 Å². The van der Waals surface area contributed by atoms with Crippen molar-refractivity contribution >= 4 is 27.7 Å². The van der Waals surface area contributed by atoms with Gasteiger partial charge in [0.05, 0.1) is 6.54 Å². The zero-order chi connectivity index (χ0) is 12.8. The van der Waals surface area contributed by atoms with Crippen molar-refractivity contribution < 1.29 is 4.79 Å². The highest BCUT2D eigenvalue weighted by molar-refractivity contribution is 9.10. The molecule has 1 heterocycles. The van der Waals surface area contributed by atoms with E-state index in [1.165, 1.54) is 0 Å². The molecule has 1 amide bonds. The van der Waals surface area contributed by atoms with Crippen molar-refractivity contribution in [2.45, 2.75) is 19.8 Å². The summed E-state index contributed by atoms with van der Waals surface area (Å²) >= 11 is 3.36. The van der Waals surface area contributed by atoms with Crippen molar-refractivity contribution in [2.24, 2.45) is 0 Å². The molecule has 0 aromatic carbocycles. The first-order chi connectivity index (χ1) is 8.06. The minimum Gasteiger partial charge on any atom is -0.358 e. The van der Waals surface area contributed by atoms with Crippen molar-refractivity contribution in [1.29, 1.82) is 0 Å². The summed E-state index contributed by atoms with van der Waals surface area (Å²) in [7, 11) is 3.45. The molecular formula is C11H17BrN4O. The van der Waals surface area contributed by atoms with Crippen molar-refractivity contribution in [2.75, 3.05) is 25.5 Å². The van der Waals surface area contributed by atoms with Crippen molar-refractivity contribution in [3.8, 4) is 0 Å². The average molecular weight is 301 g/mol. The summed E-state index contributed by atoms with van der Waals surface area (Å²) in [5.41, 5.74) is 0. The van der Waals surface area contributed by atoms with Crippen LogP contribution < -0.4 is 10.2 Å². The summed E-state index contributed by atoms with van der Waals surface area (Å²) in [6.07, 6.45) is 1.83. The normalized spacial score (nSPS) is 10.1. The first kappa shape index (κ1) is 13.9. The van der Waals surface area contributed by atoms with E-state index >= 15 is 0 Å². The molecule has 0 aliphatic carbocycles. The molecule has 0 fully saturated rings. The van der Waals surface area contributed by atoms with Gasteiger partial charge >= 0.3 is 0 Å². The van der Waals surface area contributed by atoms with Crippen LogP contribution in [0.1, 0.15) is 19.2 Å². The molecule has 17 heavy (non-hydrogen) atoms. The van der Waals surface area contributed by atoms with E-state index in [9.17, 15) is 4.79 Å². The van der Waals surface area contributed by atoms with Crippen LogP contribution >= 0.6 is 15.9 Å². The average Bonchev–Trinajstić information content (AvgIpc) is 2.28. The molecule has 0 saturated heterocycles. The number of anilines is 1. The Morgan fingerprint density at radius 3 is 2.82 bits per heavy atom. The number of halogens is 1. The summed E-state index contributed by atoms with van der Waals surface area (Å²) in [5, 5.41) is 2.58. The van der Waals surface area contributed by atoms with E-state index in [0.29, 0.717) is 0 Å². The third-order valence-corrected chi connectivity index (χ3v) is 2.66. The summed E-state index contributed by atoms with van der Waals surface area (Å²) in [6, 6.07) is 1.81. The number of amides is 1. The van der Waals surface area contributed by atoms with E-state index in [-0.39, 0.29) is 12.5 Å². The van der Waals surface area contributed by atoms with Gasteiger partial charge in [-0.2, -0.15) is 0 Å². The zero-order valence-corrected chi connectivity index (χ0v) is 11.9. The molecule has 6 heteroatoms. The van der Waals surface area contributed by atoms with Gasteiger partial charge < -0.3 is 10.2 Å². The number of aryl methyl sites for hydroxylation is 1. The molecule has 0 bridgehead atoms. The number of aromatic nitrogens is 2. The Balaban J connectivity index is 2.85. The highest BCUT2D eigenvalue weighted by Crippen LogP contribution is 2.16. The molecule has 1 aromatic heterocycles. The fourth-order valence-corrected chi connectivity index (χ4v) is 1.77. The zero-order valence-electron chi connectivity index (χ0n) is 10.3. The van der Waals surface area contributed by atoms with Crippen LogP contribution in [0.25, 0.3) is 0 Å². The standard InChI is InChI=1S/C11H17BrN4O/c1-4-5-9-14-8(12)6-10(15-9)16(3)7-11(17)13-2/h6H,4-5,7H2,1-3H3,(H,13,17). The maximum atomic E-state index is 11.3. The monoisotopic (exact) mass is 300 g/mol. The van der Waals surface area contributed by atoms with Gasteiger partial charge in [-0.1, -0.05) is 6.92 Å². The van der Waals surface area contributed by atoms with Crippen molar-refractivity contribution in [3.05, 3.63) is 16.5 Å². The highest BCUT2D eigenvalue weighted by Gasteiger charge is 2.09. The van der Waals surface area contributed by atoms with Crippen molar-refractivity contribution in [1.82, 2.24) is 15.3 Å². The van der Waals surface area contributed by atoms with Gasteiger partial charge in [-0.25, -0.2) is 9.97 Å². The minimum atomic E-state index is -0.0423. The number of nitrogens with one attached hydrogen (secondary N) is 1. The molecule has 0 radical (unpaired) electrons. The Hall–Kier alpha value is -1.17. The number of hydrogen-bond donors (Lipinski definition) is 1. The van der Waals surface area contributed by atoms with E-state index in [2.05, 4.69) is 38.1 Å². The molecule has 0 atom stereocenters. The molecule has 0 spiro atoms. The molecule has 1 rings (SSSR count). The molecular weight excluding hydrogens is 284 g/mol. The van der Waals surface area contributed by atoms with Crippen LogP contribution in [-0.2, 0) is 11.2 Å². The lowest BCUT2D eigenvalue weighted by molar-refractivity contribution is -0.119. The quantitative estimate of drug-likeness (QED) is 0.835. The lowest BCUT2D eigenvalue weighted by Crippen LogP contribution is -2.33. The van der Waals surface area contributed by atoms with Crippen LogP contribution in [0.5, 0.6) is 0 Å². The third kappa shape index (κ3) is 4.30. The number of carbonyl (C=O) groups excluding carboxylic acids is 1. The smallest absolute Gasteiger partial charge is 0.239 e. The topological polar surface area (TPSA) is 58.1 Å². The minimum absolute atomic E-state index is 0.0423. The Labute approximate surface area is 110 Å². The van der Waals surface area contributed by atoms with Gasteiger partial charge in [-0.3, -0.25) is 4.79 Å². The molecule has 0 aliphatic heterocycles. The number of hydrogen-bond acceptors (Lipinski definition) is 4. The van der Waals surface area contributed by atoms with Gasteiger partial charge in [0.1, 0.15) is 16.2 Å². The van der Waals surface area contributed by atoms with Crippen LogP contribution in [0.4, 0.5) is 5.82 Å². The molecule has 5 nitrogen and oxygen atoms in total. The Kier molecular flexibility index (Phi) is 5.34. The van der Waals surface area contributed by atoms with Crippen LogP contribution in [0.3, 0.4) is 0 Å². The summed E-state index contributed by atoms with van der Waals surface area (Å²) in [5.74, 6) is 1.50. The van der Waals surface area contributed by atoms with Gasteiger partial charge in [-0.15, -0.1) is 0 Å². The molecule has 0 unspecified atom stereocenters. The fourth-order valence-electron chi connectivity index (χ4n) is 1.36. The van der Waals surface area contributed by atoms with Crippen LogP contribution in [0, 0.1) is 0 Å². The predicted octanol–water partition coefficient (Wildman–Crippen LogP) is 1.37. The largest absolute Gasteiger partial charge is 0.358 e. The molecule has 1 N–H and O–H groups in total. The molecule has 94 valence electrons. The second-order valence-electron chi connectivity index (χ2n) is 3.74. The number of carbonyl (C=O) groups is 1. The number of nitrogens with zero attached hydrogens (tertiary/aromatic N) is 3. The lowest BCUT2D eigenvalue weighted by Gasteiger charge is -2.17. The third-order valence-electron chi connectivity index (χ3n) is 2.25. The Bertz CT molecular complexity index is 397. The molecule has 1 aromatic rings. The summed E-state index contributed by atoms with van der Waals surface area (Å²) in [4.78, 5) is 21.8. The fraction of sp³-hybridized carbons (Fsp3) is 0.545. The van der Waals surface area contributed by atoms with Gasteiger partial charge in [0, 0.05) is 26.6 Å². The van der Waals surface area contributed by atoms with E-state index in [4.69, 9.17) is 0 Å². The second kappa shape index (κ2) is 6.54. The van der Waals surface area contributed by atoms with Crippen LogP contribution in [-0.4, -0.2) is 36.5 Å². The van der Waals surface area contributed by atoms with Crippen molar-refractivity contribution in [3.63, 3.8) is 0 Å². The van der Waals surface area contributed by atoms with Crippen LogP contribution in [0.2, 0.25) is 0 Å². The molecule has 0 saturated carbocycles. The predicted molar refractivity (Wildman–Crippen MR) is 71.1 cm³/mol. The Morgan fingerprint density at radius 1 is 1.53 bits per heavy atom. The summed E-state index contributed by atoms with van der Waals surface area (Å²) < 4.78 is 0.745. The van der Waals surface area contributed by atoms with Gasteiger partial charge in [0.2, 0.25) is 5.91 Å². The maximum Gasteiger partial charge on any atom is 0.239 e. The maximum absolute atomic E-state index is 11.3. The van der Waals surface area contributed by atoms with Crippen LogP contribution in [0.15, 0.2) is 10.7 Å². The van der Waals surface area contributed by atoms with Gasteiger partial charge in [0.15, 0.2) is 0 Å². The van der Waals surface area contributed by atoms with Gasteiger partial charge in [-0.05, 0) is 22.4 Å².